The number of aromatic nitrogens is 4. The van der Waals surface area contributed by atoms with Crippen LogP contribution in [0.25, 0.3) is 11.0 Å². The molecule has 7 rings (SSSR count). The number of imidazole rings is 1. The number of piperidine rings is 2. The zero-order valence-electron chi connectivity index (χ0n) is 18.8. The Kier molecular flexibility index (Phi) is 5.18. The van der Waals surface area contributed by atoms with Crippen LogP contribution in [0, 0.1) is 17.2 Å². The molecule has 1 saturated carbocycles. The average Bonchev–Trinajstić information content (AvgIpc) is 3.44. The molecule has 9 heteroatoms. The van der Waals surface area contributed by atoms with Crippen LogP contribution in [-0.4, -0.2) is 43.8 Å². The van der Waals surface area contributed by atoms with Gasteiger partial charge >= 0.3 is 0 Å². The van der Waals surface area contributed by atoms with Gasteiger partial charge in [0.15, 0.2) is 0 Å². The highest BCUT2D eigenvalue weighted by molar-refractivity contribution is 7.10. The molecular weight excluding hydrogens is 451 g/mol. The molecule has 0 radical (unpaired) electrons. The Morgan fingerprint density at radius 1 is 1.29 bits per heavy atom. The van der Waals surface area contributed by atoms with Crippen molar-refractivity contribution in [2.24, 2.45) is 11.3 Å². The zero-order valence-corrected chi connectivity index (χ0v) is 19.6. The SMILES string of the molecule is CC12CC(CN(Cc3nc4ccccc4[nH]3)C1)[C@@H]2c1nc(C(=O)NCc2ncccc2F)cs1. The maximum absolute atomic E-state index is 13.8. The molecule has 4 aromatic rings. The number of halogens is 1. The van der Waals surface area contributed by atoms with Gasteiger partial charge in [0.2, 0.25) is 0 Å². The molecule has 1 aromatic carbocycles. The van der Waals surface area contributed by atoms with Crippen molar-refractivity contribution >= 4 is 28.3 Å². The Bertz CT molecular complexity index is 1340. The number of hydrogen-bond acceptors (Lipinski definition) is 6. The number of pyridine rings is 1. The lowest BCUT2D eigenvalue weighted by Crippen LogP contribution is -2.60. The van der Waals surface area contributed by atoms with Gasteiger partial charge in [-0.2, -0.15) is 0 Å². The van der Waals surface area contributed by atoms with Crippen LogP contribution in [0.5, 0.6) is 0 Å². The summed E-state index contributed by atoms with van der Waals surface area (Å²) in [5.41, 5.74) is 2.82. The third-order valence-electron chi connectivity index (χ3n) is 7.11. The minimum absolute atomic E-state index is 0.0406. The topological polar surface area (TPSA) is 86.8 Å². The van der Waals surface area contributed by atoms with Crippen LogP contribution in [-0.2, 0) is 13.1 Å². The Balaban J connectivity index is 1.10. The Morgan fingerprint density at radius 3 is 3.00 bits per heavy atom. The van der Waals surface area contributed by atoms with Crippen LogP contribution in [0.3, 0.4) is 0 Å². The fourth-order valence-corrected chi connectivity index (χ4v) is 6.91. The average molecular weight is 477 g/mol. The van der Waals surface area contributed by atoms with E-state index in [-0.39, 0.29) is 23.6 Å². The molecule has 174 valence electrons. The molecule has 34 heavy (non-hydrogen) atoms. The van der Waals surface area contributed by atoms with Crippen LogP contribution in [0.1, 0.15) is 46.3 Å². The molecule has 0 spiro atoms. The first-order valence-corrected chi connectivity index (χ1v) is 12.4. The number of H-pyrrole nitrogens is 1. The molecule has 1 aliphatic carbocycles. The monoisotopic (exact) mass is 476 g/mol. The van der Waals surface area contributed by atoms with Crippen LogP contribution >= 0.6 is 11.3 Å². The van der Waals surface area contributed by atoms with Gasteiger partial charge in [-0.1, -0.05) is 19.1 Å². The molecule has 2 unspecified atom stereocenters. The van der Waals surface area contributed by atoms with E-state index in [9.17, 15) is 9.18 Å². The summed E-state index contributed by atoms with van der Waals surface area (Å²) in [6, 6.07) is 11.0. The quantitative estimate of drug-likeness (QED) is 0.437. The summed E-state index contributed by atoms with van der Waals surface area (Å²) in [6.07, 6.45) is 2.69. The standard InChI is InChI=1S/C25H25FN6OS/c1-25-9-15(11-32(14-25)12-21-29-17-6-2-3-7-18(17)30-21)22(25)24-31-20(13-34-24)23(33)28-10-19-16(26)5-4-8-27-19/h2-8,13,15,22H,9-12,14H2,1H3,(H,28,33)(H,29,30)/t15?,22-,25?/m1/s1. The second-order valence-electron chi connectivity index (χ2n) is 9.65. The first-order valence-electron chi connectivity index (χ1n) is 11.5. The molecule has 3 fully saturated rings. The van der Waals surface area contributed by atoms with Gasteiger partial charge in [0.1, 0.15) is 17.3 Å². The maximum atomic E-state index is 13.8. The van der Waals surface area contributed by atoms with Crippen LogP contribution in [0.15, 0.2) is 48.0 Å². The lowest BCUT2D eigenvalue weighted by molar-refractivity contribution is -0.0802. The van der Waals surface area contributed by atoms with E-state index < -0.39 is 5.82 Å². The summed E-state index contributed by atoms with van der Waals surface area (Å²) in [5.74, 6) is 1.16. The zero-order chi connectivity index (χ0) is 23.3. The van der Waals surface area contributed by atoms with Gasteiger partial charge in [0.05, 0.1) is 34.8 Å². The van der Waals surface area contributed by atoms with Crippen molar-refractivity contribution in [3.8, 4) is 0 Å². The van der Waals surface area contributed by atoms with Gasteiger partial charge in [-0.15, -0.1) is 11.3 Å². The van der Waals surface area contributed by atoms with Gasteiger partial charge in [-0.05, 0) is 42.0 Å². The first kappa shape index (κ1) is 21.4. The summed E-state index contributed by atoms with van der Waals surface area (Å²) in [5, 5.41) is 5.57. The molecule has 5 heterocycles. The fraction of sp³-hybridized carbons (Fsp3) is 0.360. The summed E-state index contributed by atoms with van der Waals surface area (Å²) in [6.45, 7) is 5.15. The van der Waals surface area contributed by atoms with Crippen molar-refractivity contribution in [3.05, 3.63) is 76.0 Å². The first-order chi connectivity index (χ1) is 16.5. The van der Waals surface area contributed by atoms with Gasteiger partial charge in [0, 0.05) is 30.6 Å². The third-order valence-corrected chi connectivity index (χ3v) is 8.04. The number of benzene rings is 1. The number of carbonyl (C=O) groups is 1. The number of fused-ring (bicyclic) bond motifs is 3. The van der Waals surface area contributed by atoms with Crippen molar-refractivity contribution in [1.29, 1.82) is 0 Å². The molecule has 2 N–H and O–H groups in total. The highest BCUT2D eigenvalue weighted by atomic mass is 32.1. The molecule has 2 bridgehead atoms. The van der Waals surface area contributed by atoms with E-state index in [1.165, 1.54) is 24.8 Å². The number of rotatable bonds is 6. The third kappa shape index (κ3) is 3.78. The fourth-order valence-electron chi connectivity index (χ4n) is 5.74. The number of amides is 1. The molecule has 3 atom stereocenters. The van der Waals surface area contributed by atoms with E-state index in [2.05, 4.69) is 38.2 Å². The van der Waals surface area contributed by atoms with Crippen LogP contribution in [0.4, 0.5) is 4.39 Å². The normalized spacial score (nSPS) is 24.2. The van der Waals surface area contributed by atoms with E-state index in [4.69, 9.17) is 4.98 Å². The van der Waals surface area contributed by atoms with Crippen molar-refractivity contribution in [3.63, 3.8) is 0 Å². The lowest BCUT2D eigenvalue weighted by Gasteiger charge is -2.60. The Labute approximate surface area is 200 Å². The van der Waals surface area contributed by atoms with Gasteiger partial charge in [-0.3, -0.25) is 14.7 Å². The Hall–Kier alpha value is -3.17. The van der Waals surface area contributed by atoms with E-state index in [1.54, 1.807) is 11.3 Å². The number of aromatic amines is 1. The molecule has 3 aromatic heterocycles. The minimum atomic E-state index is -0.427. The van der Waals surface area contributed by atoms with Crippen molar-refractivity contribution in [2.45, 2.75) is 32.4 Å². The summed E-state index contributed by atoms with van der Waals surface area (Å²) < 4.78 is 13.8. The lowest BCUT2D eigenvalue weighted by atomic mass is 9.52. The minimum Gasteiger partial charge on any atom is -0.345 e. The van der Waals surface area contributed by atoms with E-state index in [0.717, 1.165) is 41.5 Å². The van der Waals surface area contributed by atoms with Crippen molar-refractivity contribution < 1.29 is 9.18 Å². The summed E-state index contributed by atoms with van der Waals surface area (Å²) >= 11 is 1.55. The number of nitrogens with one attached hydrogen (secondary N) is 2. The highest BCUT2D eigenvalue weighted by Gasteiger charge is 2.56. The molecule has 2 aliphatic heterocycles. The van der Waals surface area contributed by atoms with Gasteiger partial charge < -0.3 is 10.3 Å². The predicted molar refractivity (Wildman–Crippen MR) is 128 cm³/mol. The van der Waals surface area contributed by atoms with Gasteiger partial charge in [-0.25, -0.2) is 14.4 Å². The molecule has 7 nitrogen and oxygen atoms in total. The summed E-state index contributed by atoms with van der Waals surface area (Å²) in [4.78, 5) is 31.9. The number of hydrogen-bond donors (Lipinski definition) is 2. The smallest absolute Gasteiger partial charge is 0.271 e. The molecule has 3 aliphatic rings. The van der Waals surface area contributed by atoms with Crippen molar-refractivity contribution in [1.82, 2.24) is 30.2 Å². The van der Waals surface area contributed by atoms with Crippen LogP contribution in [0.2, 0.25) is 0 Å². The second kappa shape index (κ2) is 8.25. The Morgan fingerprint density at radius 2 is 2.18 bits per heavy atom. The van der Waals surface area contributed by atoms with Gasteiger partial charge in [0.25, 0.3) is 5.91 Å². The van der Waals surface area contributed by atoms with Crippen molar-refractivity contribution in [2.75, 3.05) is 13.1 Å². The molecular formula is C25H25FN6OS. The maximum Gasteiger partial charge on any atom is 0.271 e. The molecule has 2 saturated heterocycles. The number of para-hydroxylation sites is 2. The summed E-state index contributed by atoms with van der Waals surface area (Å²) in [7, 11) is 0. The van der Waals surface area contributed by atoms with E-state index in [0.29, 0.717) is 17.5 Å². The predicted octanol–water partition coefficient (Wildman–Crippen LogP) is 4.11. The van der Waals surface area contributed by atoms with Crippen LogP contribution < -0.4 is 5.32 Å². The second-order valence-corrected chi connectivity index (χ2v) is 10.5. The number of nitrogens with zero attached hydrogens (tertiary/aromatic N) is 4. The van der Waals surface area contributed by atoms with E-state index in [1.807, 2.05) is 23.6 Å². The number of carbonyl (C=O) groups excluding carboxylic acids is 1. The van der Waals surface area contributed by atoms with E-state index >= 15 is 0 Å². The number of thiazole rings is 1. The highest BCUT2D eigenvalue weighted by Crippen LogP contribution is 2.60. The largest absolute Gasteiger partial charge is 0.345 e. The molecule has 1 amide bonds.